The van der Waals surface area contributed by atoms with Gasteiger partial charge in [-0.25, -0.2) is 0 Å². The van der Waals surface area contributed by atoms with E-state index in [1.807, 2.05) is 24.3 Å². The van der Waals surface area contributed by atoms with Gasteiger partial charge in [0.15, 0.2) is 0 Å². The Bertz CT molecular complexity index is 792. The van der Waals surface area contributed by atoms with Crippen LogP contribution in [-0.4, -0.2) is 50.1 Å². The fourth-order valence-electron chi connectivity index (χ4n) is 3.29. The fraction of sp³-hybridized carbons (Fsp3) is 0.381. The first-order chi connectivity index (χ1) is 13.0. The number of carbonyl (C=O) groups excluding carboxylic acids is 1. The van der Waals surface area contributed by atoms with Crippen LogP contribution < -0.4 is 20.7 Å². The van der Waals surface area contributed by atoms with Crippen molar-refractivity contribution in [3.63, 3.8) is 0 Å². The zero-order valence-electron chi connectivity index (χ0n) is 17.1. The molecule has 1 heterocycles. The minimum absolute atomic E-state index is 0. The van der Waals surface area contributed by atoms with Gasteiger partial charge in [0.1, 0.15) is 5.75 Å². The number of hydrogen-bond donors (Lipinski definition) is 2. The van der Waals surface area contributed by atoms with Crippen LogP contribution in [0.3, 0.4) is 0 Å². The van der Waals surface area contributed by atoms with Crippen LogP contribution in [0.15, 0.2) is 42.5 Å². The molecule has 8 heteroatoms. The van der Waals surface area contributed by atoms with Crippen molar-refractivity contribution in [2.75, 3.05) is 49.2 Å². The summed E-state index contributed by atoms with van der Waals surface area (Å²) >= 11 is 0. The molecule has 1 aliphatic heterocycles. The number of carbonyl (C=O) groups is 1. The van der Waals surface area contributed by atoms with E-state index < -0.39 is 0 Å². The molecule has 0 aromatic heterocycles. The predicted molar refractivity (Wildman–Crippen MR) is 125 cm³/mol. The number of methoxy groups -OCH3 is 1. The minimum atomic E-state index is -0.189. The third kappa shape index (κ3) is 6.16. The molecule has 1 aliphatic rings. The third-order valence-electron chi connectivity index (χ3n) is 5.05. The quantitative estimate of drug-likeness (QED) is 0.689. The first-order valence-corrected chi connectivity index (χ1v) is 9.32. The number of halogens is 2. The van der Waals surface area contributed by atoms with Gasteiger partial charge in [0, 0.05) is 49.5 Å². The lowest BCUT2D eigenvalue weighted by atomic mass is 10.1. The number of nitrogens with two attached hydrogens (primary N) is 1. The Morgan fingerprint density at radius 3 is 2.21 bits per heavy atom. The van der Waals surface area contributed by atoms with Gasteiger partial charge in [-0.3, -0.25) is 9.69 Å². The molecule has 1 amide bonds. The number of benzene rings is 2. The first-order valence-electron chi connectivity index (χ1n) is 9.32. The van der Waals surface area contributed by atoms with Gasteiger partial charge in [-0.05, 0) is 50.2 Å². The van der Waals surface area contributed by atoms with Gasteiger partial charge in [0.05, 0.1) is 18.5 Å². The number of piperazine rings is 1. The van der Waals surface area contributed by atoms with Gasteiger partial charge >= 0.3 is 0 Å². The van der Waals surface area contributed by atoms with E-state index in [2.05, 4.69) is 29.0 Å². The maximum Gasteiger partial charge on any atom is 0.255 e. The van der Waals surface area contributed by atoms with Crippen molar-refractivity contribution in [1.29, 1.82) is 0 Å². The van der Waals surface area contributed by atoms with Crippen molar-refractivity contribution in [3.05, 3.63) is 48.0 Å². The number of hydrogen-bond acceptors (Lipinski definition) is 5. The van der Waals surface area contributed by atoms with Crippen molar-refractivity contribution < 1.29 is 9.53 Å². The number of rotatable bonds is 5. The van der Waals surface area contributed by atoms with E-state index in [0.717, 1.165) is 31.9 Å². The number of amides is 1. The topological polar surface area (TPSA) is 70.8 Å². The lowest BCUT2D eigenvalue weighted by molar-refractivity contribution is 0.102. The highest BCUT2D eigenvalue weighted by Gasteiger charge is 2.19. The van der Waals surface area contributed by atoms with E-state index in [-0.39, 0.29) is 30.7 Å². The van der Waals surface area contributed by atoms with Gasteiger partial charge < -0.3 is 20.7 Å². The van der Waals surface area contributed by atoms with Gasteiger partial charge in [-0.1, -0.05) is 0 Å². The Morgan fingerprint density at radius 2 is 1.66 bits per heavy atom. The highest BCUT2D eigenvalue weighted by atomic mass is 35.5. The smallest absolute Gasteiger partial charge is 0.255 e. The Balaban J connectivity index is 0.00000210. The van der Waals surface area contributed by atoms with Crippen LogP contribution in [0.4, 0.5) is 17.1 Å². The fourth-order valence-corrected chi connectivity index (χ4v) is 3.29. The molecular weight excluding hydrogens is 411 g/mol. The molecular formula is C21H30Cl2N4O2. The maximum atomic E-state index is 12.5. The van der Waals surface area contributed by atoms with Crippen molar-refractivity contribution in [3.8, 4) is 5.75 Å². The second-order valence-electron chi connectivity index (χ2n) is 7.07. The van der Waals surface area contributed by atoms with Crippen LogP contribution in [0.1, 0.15) is 24.2 Å². The van der Waals surface area contributed by atoms with Crippen molar-refractivity contribution in [2.45, 2.75) is 19.9 Å². The van der Waals surface area contributed by atoms with Crippen LogP contribution in [0.2, 0.25) is 0 Å². The van der Waals surface area contributed by atoms with Gasteiger partial charge in [-0.15, -0.1) is 24.8 Å². The lowest BCUT2D eigenvalue weighted by Gasteiger charge is -2.38. The van der Waals surface area contributed by atoms with E-state index in [1.165, 1.54) is 0 Å². The Hall–Kier alpha value is -2.15. The van der Waals surface area contributed by atoms with Crippen LogP contribution in [0.5, 0.6) is 5.75 Å². The standard InChI is InChI=1S/C21H28N4O2.2ClH/c1-15(2)24-10-12-25(13-11-24)17-6-4-16(5-7-17)21(26)23-20-14-18(27-3)8-9-19(20)22;;/h4-9,14-15H,10-13,22H2,1-3H3,(H,23,26);2*1H. The van der Waals surface area contributed by atoms with E-state index in [0.29, 0.717) is 28.7 Å². The van der Waals surface area contributed by atoms with E-state index in [4.69, 9.17) is 10.5 Å². The SMILES string of the molecule is COc1ccc(N)c(NC(=O)c2ccc(N3CCN(C(C)C)CC3)cc2)c1.Cl.Cl. The number of nitrogens with zero attached hydrogens (tertiary/aromatic N) is 2. The molecule has 0 spiro atoms. The van der Waals surface area contributed by atoms with Crippen molar-refractivity contribution in [2.24, 2.45) is 0 Å². The Kier molecular flexibility index (Phi) is 9.56. The zero-order chi connectivity index (χ0) is 19.4. The molecule has 6 nitrogen and oxygen atoms in total. The average molecular weight is 441 g/mol. The van der Waals surface area contributed by atoms with Gasteiger partial charge in [0.25, 0.3) is 5.91 Å². The molecule has 2 aromatic rings. The Labute approximate surface area is 185 Å². The molecule has 0 radical (unpaired) electrons. The number of nitrogen functional groups attached to an aromatic ring is 1. The highest BCUT2D eigenvalue weighted by molar-refractivity contribution is 6.06. The van der Waals surface area contributed by atoms with Crippen LogP contribution in [0, 0.1) is 0 Å². The summed E-state index contributed by atoms with van der Waals surface area (Å²) in [5, 5.41) is 2.85. The van der Waals surface area contributed by atoms with Crippen LogP contribution in [-0.2, 0) is 0 Å². The zero-order valence-corrected chi connectivity index (χ0v) is 18.7. The Morgan fingerprint density at radius 1 is 1.03 bits per heavy atom. The van der Waals surface area contributed by atoms with Crippen LogP contribution in [0.25, 0.3) is 0 Å². The molecule has 0 atom stereocenters. The summed E-state index contributed by atoms with van der Waals surface area (Å²) in [5.74, 6) is 0.460. The van der Waals surface area contributed by atoms with Crippen molar-refractivity contribution >= 4 is 47.8 Å². The molecule has 160 valence electrons. The molecule has 29 heavy (non-hydrogen) atoms. The summed E-state index contributed by atoms with van der Waals surface area (Å²) in [5.41, 5.74) is 8.74. The second-order valence-corrected chi connectivity index (χ2v) is 7.07. The highest BCUT2D eigenvalue weighted by Crippen LogP contribution is 2.25. The van der Waals surface area contributed by atoms with E-state index in [9.17, 15) is 4.79 Å². The summed E-state index contributed by atoms with van der Waals surface area (Å²) < 4.78 is 5.19. The van der Waals surface area contributed by atoms with Crippen LogP contribution >= 0.6 is 24.8 Å². The predicted octanol–water partition coefficient (Wildman–Crippen LogP) is 3.90. The summed E-state index contributed by atoms with van der Waals surface area (Å²) in [6.07, 6.45) is 0. The average Bonchev–Trinajstić information content (AvgIpc) is 2.69. The number of anilines is 3. The summed E-state index contributed by atoms with van der Waals surface area (Å²) in [4.78, 5) is 17.4. The minimum Gasteiger partial charge on any atom is -0.497 e. The molecule has 3 rings (SSSR count). The second kappa shape index (κ2) is 11.1. The molecule has 1 saturated heterocycles. The maximum absolute atomic E-state index is 12.5. The molecule has 0 bridgehead atoms. The normalized spacial score (nSPS) is 14.0. The van der Waals surface area contributed by atoms with E-state index >= 15 is 0 Å². The molecule has 0 aliphatic carbocycles. The summed E-state index contributed by atoms with van der Waals surface area (Å²) in [7, 11) is 1.58. The number of ether oxygens (including phenoxy) is 1. The lowest BCUT2D eigenvalue weighted by Crippen LogP contribution is -2.48. The molecule has 0 saturated carbocycles. The molecule has 3 N–H and O–H groups in total. The number of nitrogens with one attached hydrogen (secondary N) is 1. The van der Waals surface area contributed by atoms with Gasteiger partial charge in [-0.2, -0.15) is 0 Å². The third-order valence-corrected chi connectivity index (χ3v) is 5.05. The summed E-state index contributed by atoms with van der Waals surface area (Å²) in [6.45, 7) is 8.61. The largest absolute Gasteiger partial charge is 0.497 e. The van der Waals surface area contributed by atoms with Crippen molar-refractivity contribution in [1.82, 2.24) is 4.90 Å². The molecule has 1 fully saturated rings. The molecule has 0 unspecified atom stereocenters. The van der Waals surface area contributed by atoms with E-state index in [1.54, 1.807) is 25.3 Å². The molecule has 2 aromatic carbocycles. The first kappa shape index (κ1) is 24.9. The summed E-state index contributed by atoms with van der Waals surface area (Å²) in [6, 6.07) is 13.5. The monoisotopic (exact) mass is 440 g/mol. The van der Waals surface area contributed by atoms with Gasteiger partial charge in [0.2, 0.25) is 0 Å².